The summed E-state index contributed by atoms with van der Waals surface area (Å²) in [5.74, 6) is 0. The van der Waals surface area contributed by atoms with Crippen LogP contribution in [0.1, 0.15) is 23.5 Å². The van der Waals surface area contributed by atoms with Gasteiger partial charge in [0, 0.05) is 36.1 Å². The molecule has 14 heavy (non-hydrogen) atoms. The van der Waals surface area contributed by atoms with Crippen LogP contribution in [0.2, 0.25) is 0 Å². The Morgan fingerprint density at radius 3 is 3.00 bits per heavy atom. The van der Waals surface area contributed by atoms with E-state index in [1.807, 2.05) is 6.92 Å². The van der Waals surface area contributed by atoms with Crippen LogP contribution in [0.15, 0.2) is 5.38 Å². The summed E-state index contributed by atoms with van der Waals surface area (Å²) in [5.41, 5.74) is 6.84. The molecular weight excluding hydrogens is 194 g/mol. The summed E-state index contributed by atoms with van der Waals surface area (Å²) in [4.78, 5) is 4.42. The first-order valence-corrected chi connectivity index (χ1v) is 6.02. The second-order valence-corrected chi connectivity index (χ2v) is 4.96. The van der Waals surface area contributed by atoms with Crippen molar-refractivity contribution in [3.63, 3.8) is 0 Å². The molecular formula is C10H17N3S. The Kier molecular flexibility index (Phi) is 3.15. The summed E-state index contributed by atoms with van der Waals surface area (Å²) in [7, 11) is 0. The molecule has 0 amide bonds. The maximum atomic E-state index is 5.70. The van der Waals surface area contributed by atoms with Crippen molar-refractivity contribution in [2.45, 2.75) is 38.3 Å². The van der Waals surface area contributed by atoms with E-state index >= 15 is 0 Å². The lowest BCUT2D eigenvalue weighted by Crippen LogP contribution is -2.48. The third kappa shape index (κ3) is 2.53. The Morgan fingerprint density at radius 1 is 1.64 bits per heavy atom. The van der Waals surface area contributed by atoms with Crippen LogP contribution in [0, 0.1) is 6.92 Å². The third-order valence-corrected chi connectivity index (χ3v) is 3.64. The summed E-state index contributed by atoms with van der Waals surface area (Å²) in [6, 6.07) is 1.10. The topological polar surface area (TPSA) is 50.9 Å². The number of nitrogens with one attached hydrogen (secondary N) is 1. The van der Waals surface area contributed by atoms with E-state index in [9.17, 15) is 0 Å². The van der Waals surface area contributed by atoms with E-state index in [1.165, 1.54) is 5.01 Å². The fourth-order valence-corrected chi connectivity index (χ4v) is 2.51. The van der Waals surface area contributed by atoms with Gasteiger partial charge in [-0.05, 0) is 19.8 Å². The minimum Gasteiger partial charge on any atom is -0.328 e. The molecule has 1 aromatic rings. The molecule has 0 unspecified atom stereocenters. The minimum absolute atomic E-state index is 0.439. The van der Waals surface area contributed by atoms with Crippen molar-refractivity contribution < 1.29 is 0 Å². The molecule has 0 bridgehead atoms. The quantitative estimate of drug-likeness (QED) is 0.783. The molecule has 1 aliphatic rings. The largest absolute Gasteiger partial charge is 0.328 e. The highest BCUT2D eigenvalue weighted by Crippen LogP contribution is 2.17. The van der Waals surface area contributed by atoms with Crippen LogP contribution in [-0.4, -0.2) is 23.6 Å². The average molecular weight is 211 g/mol. The molecule has 1 aromatic heterocycles. The van der Waals surface area contributed by atoms with Gasteiger partial charge >= 0.3 is 0 Å². The molecule has 2 rings (SSSR count). The van der Waals surface area contributed by atoms with Crippen molar-refractivity contribution >= 4 is 11.3 Å². The summed E-state index contributed by atoms with van der Waals surface area (Å²) < 4.78 is 0. The first-order chi connectivity index (χ1) is 6.74. The van der Waals surface area contributed by atoms with Gasteiger partial charge in [-0.1, -0.05) is 0 Å². The van der Waals surface area contributed by atoms with Gasteiger partial charge in [0.15, 0.2) is 0 Å². The zero-order chi connectivity index (χ0) is 9.97. The maximum absolute atomic E-state index is 5.70. The second-order valence-electron chi connectivity index (χ2n) is 4.02. The van der Waals surface area contributed by atoms with Crippen molar-refractivity contribution in [3.8, 4) is 0 Å². The molecule has 0 aromatic carbocycles. The predicted molar refractivity (Wildman–Crippen MR) is 59.6 cm³/mol. The Hall–Kier alpha value is -0.450. The number of rotatable bonds is 4. The smallest absolute Gasteiger partial charge is 0.0940 e. The first-order valence-electron chi connectivity index (χ1n) is 5.14. The average Bonchev–Trinajstić information content (AvgIpc) is 2.48. The molecule has 0 atom stereocenters. The number of hydrogen-bond acceptors (Lipinski definition) is 4. The maximum Gasteiger partial charge on any atom is 0.0940 e. The SMILES string of the molecule is Cc1csc(CCNC2CC(N)C2)n1. The van der Waals surface area contributed by atoms with Gasteiger partial charge in [-0.25, -0.2) is 4.98 Å². The Bertz CT molecular complexity index is 291. The molecule has 3 N–H and O–H groups in total. The summed E-state index contributed by atoms with van der Waals surface area (Å²) in [6.07, 6.45) is 3.32. The van der Waals surface area contributed by atoms with Crippen LogP contribution in [0.5, 0.6) is 0 Å². The Morgan fingerprint density at radius 2 is 2.43 bits per heavy atom. The highest BCUT2D eigenvalue weighted by Gasteiger charge is 2.24. The second kappa shape index (κ2) is 4.38. The zero-order valence-corrected chi connectivity index (χ0v) is 9.31. The Balaban J connectivity index is 1.63. The van der Waals surface area contributed by atoms with E-state index < -0.39 is 0 Å². The molecule has 0 radical (unpaired) electrons. The van der Waals surface area contributed by atoms with E-state index in [1.54, 1.807) is 11.3 Å². The van der Waals surface area contributed by atoms with Crippen molar-refractivity contribution in [2.24, 2.45) is 5.73 Å². The van der Waals surface area contributed by atoms with E-state index in [0.29, 0.717) is 12.1 Å². The normalized spacial score (nSPS) is 26.1. The third-order valence-electron chi connectivity index (χ3n) is 2.61. The van der Waals surface area contributed by atoms with Crippen molar-refractivity contribution in [2.75, 3.05) is 6.54 Å². The molecule has 1 fully saturated rings. The van der Waals surface area contributed by atoms with Gasteiger partial charge in [-0.3, -0.25) is 0 Å². The molecule has 0 aliphatic heterocycles. The van der Waals surface area contributed by atoms with Crippen LogP contribution >= 0.6 is 11.3 Å². The van der Waals surface area contributed by atoms with Crippen LogP contribution < -0.4 is 11.1 Å². The Labute approximate surface area is 88.7 Å². The fraction of sp³-hybridized carbons (Fsp3) is 0.700. The summed E-state index contributed by atoms with van der Waals surface area (Å²) >= 11 is 1.75. The van der Waals surface area contributed by atoms with E-state index in [4.69, 9.17) is 5.73 Å². The monoisotopic (exact) mass is 211 g/mol. The van der Waals surface area contributed by atoms with E-state index in [2.05, 4.69) is 15.7 Å². The number of aryl methyl sites for hydroxylation is 1. The van der Waals surface area contributed by atoms with E-state index in [-0.39, 0.29) is 0 Å². The molecule has 78 valence electrons. The molecule has 0 saturated heterocycles. The van der Waals surface area contributed by atoms with Crippen molar-refractivity contribution in [1.82, 2.24) is 10.3 Å². The lowest BCUT2D eigenvalue weighted by molar-refractivity contribution is 0.294. The van der Waals surface area contributed by atoms with Gasteiger partial charge in [0.05, 0.1) is 5.01 Å². The van der Waals surface area contributed by atoms with Crippen molar-refractivity contribution in [3.05, 3.63) is 16.1 Å². The number of nitrogens with zero attached hydrogens (tertiary/aromatic N) is 1. The highest BCUT2D eigenvalue weighted by molar-refractivity contribution is 7.09. The van der Waals surface area contributed by atoms with Gasteiger partial charge in [0.25, 0.3) is 0 Å². The number of thiazole rings is 1. The van der Waals surface area contributed by atoms with Gasteiger partial charge < -0.3 is 11.1 Å². The number of nitrogens with two attached hydrogens (primary N) is 1. The molecule has 1 heterocycles. The number of aromatic nitrogens is 1. The molecule has 1 aliphatic carbocycles. The first kappa shape index (κ1) is 10.1. The summed E-state index contributed by atoms with van der Waals surface area (Å²) in [5, 5.41) is 6.83. The van der Waals surface area contributed by atoms with Gasteiger partial charge in [-0.2, -0.15) is 0 Å². The molecule has 4 heteroatoms. The van der Waals surface area contributed by atoms with E-state index in [0.717, 1.165) is 31.5 Å². The highest BCUT2D eigenvalue weighted by atomic mass is 32.1. The lowest BCUT2D eigenvalue weighted by Gasteiger charge is -2.33. The predicted octanol–water partition coefficient (Wildman–Crippen LogP) is 1.07. The number of hydrogen-bond donors (Lipinski definition) is 2. The fourth-order valence-electron chi connectivity index (χ4n) is 1.73. The molecule has 3 nitrogen and oxygen atoms in total. The van der Waals surface area contributed by atoms with Crippen molar-refractivity contribution in [1.29, 1.82) is 0 Å². The standard InChI is InChI=1S/C10H17N3S/c1-7-6-14-10(13-7)2-3-12-9-4-8(11)5-9/h6,8-9,12H,2-5,11H2,1H3. The minimum atomic E-state index is 0.439. The van der Waals surface area contributed by atoms with Gasteiger partial charge in [0.1, 0.15) is 0 Å². The van der Waals surface area contributed by atoms with Gasteiger partial charge in [-0.15, -0.1) is 11.3 Å². The zero-order valence-electron chi connectivity index (χ0n) is 8.49. The van der Waals surface area contributed by atoms with Crippen LogP contribution in [0.3, 0.4) is 0 Å². The van der Waals surface area contributed by atoms with Gasteiger partial charge in [0.2, 0.25) is 0 Å². The summed E-state index contributed by atoms with van der Waals surface area (Å²) in [6.45, 7) is 3.07. The lowest BCUT2D eigenvalue weighted by atomic mass is 9.88. The molecule has 1 saturated carbocycles. The van der Waals surface area contributed by atoms with Crippen LogP contribution in [0.25, 0.3) is 0 Å². The molecule has 0 spiro atoms. The van der Waals surface area contributed by atoms with Crippen LogP contribution in [0.4, 0.5) is 0 Å². The van der Waals surface area contributed by atoms with Crippen LogP contribution in [-0.2, 0) is 6.42 Å².